The second-order valence-corrected chi connectivity index (χ2v) is 5.90. The Balaban J connectivity index is 1.73. The van der Waals surface area contributed by atoms with E-state index in [2.05, 4.69) is 16.9 Å². The molecule has 5 nitrogen and oxygen atoms in total. The molecule has 112 valence electrons. The second kappa shape index (κ2) is 6.88. The van der Waals surface area contributed by atoms with Crippen molar-refractivity contribution >= 4 is 5.91 Å². The number of amides is 1. The van der Waals surface area contributed by atoms with Gasteiger partial charge in [-0.15, -0.1) is 0 Å². The second-order valence-electron chi connectivity index (χ2n) is 5.90. The number of aromatic nitrogens is 2. The summed E-state index contributed by atoms with van der Waals surface area (Å²) in [4.78, 5) is 16.4. The van der Waals surface area contributed by atoms with Crippen LogP contribution in [0.4, 0.5) is 0 Å². The Morgan fingerprint density at radius 1 is 1.45 bits per heavy atom. The fraction of sp³-hybridized carbons (Fsp3) is 0.733. The van der Waals surface area contributed by atoms with E-state index in [1.54, 1.807) is 9.58 Å². The van der Waals surface area contributed by atoms with Crippen molar-refractivity contribution in [1.29, 1.82) is 0 Å². The molecule has 5 heteroatoms. The maximum absolute atomic E-state index is 12.2. The summed E-state index contributed by atoms with van der Waals surface area (Å²) in [6, 6.07) is 0.522. The summed E-state index contributed by atoms with van der Waals surface area (Å²) in [5.41, 5.74) is 1.08. The summed E-state index contributed by atoms with van der Waals surface area (Å²) >= 11 is 0. The Hall–Kier alpha value is -1.36. The van der Waals surface area contributed by atoms with E-state index in [-0.39, 0.29) is 5.91 Å². The zero-order valence-electron chi connectivity index (χ0n) is 12.9. The Morgan fingerprint density at radius 3 is 2.75 bits per heavy atom. The predicted octanol–water partition coefficient (Wildman–Crippen LogP) is 1.64. The molecule has 1 fully saturated rings. The number of likely N-dealkylation sites (tertiary alicyclic amines) is 1. The maximum Gasteiger partial charge on any atom is 0.222 e. The largest absolute Gasteiger partial charge is 0.341 e. The lowest BCUT2D eigenvalue weighted by atomic mass is 10.1. The van der Waals surface area contributed by atoms with Gasteiger partial charge in [-0.2, -0.15) is 5.10 Å². The van der Waals surface area contributed by atoms with Crippen molar-refractivity contribution in [2.75, 3.05) is 20.1 Å². The molecule has 1 aromatic heterocycles. The van der Waals surface area contributed by atoms with Gasteiger partial charge in [-0.25, -0.2) is 0 Å². The first-order chi connectivity index (χ1) is 9.56. The van der Waals surface area contributed by atoms with Crippen LogP contribution in [0.1, 0.15) is 38.2 Å². The molecular formula is C15H26N4O. The molecule has 0 saturated carbocycles. The summed E-state index contributed by atoms with van der Waals surface area (Å²) in [7, 11) is 3.76. The van der Waals surface area contributed by atoms with Gasteiger partial charge in [0.05, 0.1) is 6.20 Å². The van der Waals surface area contributed by atoms with Gasteiger partial charge < -0.3 is 9.80 Å². The summed E-state index contributed by atoms with van der Waals surface area (Å²) in [6.07, 6.45) is 7.97. The molecule has 0 radical (unpaired) electrons. The lowest BCUT2D eigenvalue weighted by Gasteiger charge is -2.24. The zero-order chi connectivity index (χ0) is 14.5. The van der Waals surface area contributed by atoms with Gasteiger partial charge in [-0.05, 0) is 39.3 Å². The van der Waals surface area contributed by atoms with E-state index in [1.165, 1.54) is 25.9 Å². The molecule has 2 heterocycles. The Morgan fingerprint density at radius 2 is 2.15 bits per heavy atom. The molecule has 20 heavy (non-hydrogen) atoms. The van der Waals surface area contributed by atoms with Crippen LogP contribution >= 0.6 is 0 Å². The van der Waals surface area contributed by atoms with Crippen LogP contribution in [-0.4, -0.2) is 51.7 Å². The van der Waals surface area contributed by atoms with Gasteiger partial charge in [0.1, 0.15) is 0 Å². The lowest BCUT2D eigenvalue weighted by Crippen LogP contribution is -2.32. The van der Waals surface area contributed by atoms with E-state index < -0.39 is 0 Å². The monoisotopic (exact) mass is 278 g/mol. The Kier molecular flexibility index (Phi) is 5.17. The van der Waals surface area contributed by atoms with Gasteiger partial charge in [0, 0.05) is 44.9 Å². The van der Waals surface area contributed by atoms with Gasteiger partial charge in [-0.3, -0.25) is 9.48 Å². The highest BCUT2D eigenvalue weighted by Gasteiger charge is 2.19. The highest BCUT2D eigenvalue weighted by atomic mass is 16.2. The van der Waals surface area contributed by atoms with Crippen molar-refractivity contribution in [3.63, 3.8) is 0 Å². The third kappa shape index (κ3) is 4.07. The minimum atomic E-state index is 0.222. The Bertz CT molecular complexity index is 437. The quantitative estimate of drug-likeness (QED) is 0.794. The summed E-state index contributed by atoms with van der Waals surface area (Å²) in [6.45, 7) is 5.27. The summed E-state index contributed by atoms with van der Waals surface area (Å²) in [5.74, 6) is 0.222. The predicted molar refractivity (Wildman–Crippen MR) is 79.2 cm³/mol. The molecule has 1 aromatic rings. The number of hydrogen-bond donors (Lipinski definition) is 0. The molecule has 0 aromatic carbocycles. The molecule has 1 amide bonds. The van der Waals surface area contributed by atoms with Crippen LogP contribution in [0, 0.1) is 0 Å². The lowest BCUT2D eigenvalue weighted by molar-refractivity contribution is -0.130. The highest BCUT2D eigenvalue weighted by Crippen LogP contribution is 2.15. The van der Waals surface area contributed by atoms with E-state index in [4.69, 9.17) is 0 Å². The number of carbonyl (C=O) groups is 1. The van der Waals surface area contributed by atoms with Crippen molar-refractivity contribution in [3.05, 3.63) is 18.0 Å². The zero-order valence-corrected chi connectivity index (χ0v) is 12.9. The standard InChI is InChI=1S/C15H26N4O/c1-13(19-8-4-5-9-19)6-7-15(20)17(2)11-14-10-16-18(3)12-14/h10,12-13H,4-9,11H2,1-3H3/t13-/m1/s1. The summed E-state index contributed by atoms with van der Waals surface area (Å²) in [5, 5.41) is 4.13. The fourth-order valence-corrected chi connectivity index (χ4v) is 2.80. The average molecular weight is 278 g/mol. The molecule has 2 rings (SSSR count). The number of nitrogens with zero attached hydrogens (tertiary/aromatic N) is 4. The molecule has 0 aliphatic carbocycles. The molecular weight excluding hydrogens is 252 g/mol. The van der Waals surface area contributed by atoms with Crippen LogP contribution < -0.4 is 0 Å². The minimum Gasteiger partial charge on any atom is -0.341 e. The molecule has 1 atom stereocenters. The van der Waals surface area contributed by atoms with Gasteiger partial charge in [0.15, 0.2) is 0 Å². The van der Waals surface area contributed by atoms with Crippen LogP contribution in [0.5, 0.6) is 0 Å². The molecule has 0 bridgehead atoms. The third-order valence-electron chi connectivity index (χ3n) is 4.14. The molecule has 0 unspecified atom stereocenters. The first-order valence-electron chi connectivity index (χ1n) is 7.52. The number of rotatable bonds is 6. The van der Waals surface area contributed by atoms with Crippen LogP contribution in [0.2, 0.25) is 0 Å². The first kappa shape index (κ1) is 15.0. The molecule has 1 saturated heterocycles. The molecule has 1 aliphatic heterocycles. The SMILES string of the molecule is C[C@H](CCC(=O)N(C)Cc1cnn(C)c1)N1CCCC1. The number of carbonyl (C=O) groups excluding carboxylic acids is 1. The third-order valence-corrected chi connectivity index (χ3v) is 4.14. The van der Waals surface area contributed by atoms with Crippen LogP contribution in [0.25, 0.3) is 0 Å². The van der Waals surface area contributed by atoms with Crippen LogP contribution in [0.15, 0.2) is 12.4 Å². The fourth-order valence-electron chi connectivity index (χ4n) is 2.80. The van der Waals surface area contributed by atoms with Gasteiger partial charge in [-0.1, -0.05) is 0 Å². The van der Waals surface area contributed by atoms with E-state index in [0.717, 1.165) is 12.0 Å². The maximum atomic E-state index is 12.2. The highest BCUT2D eigenvalue weighted by molar-refractivity contribution is 5.75. The van der Waals surface area contributed by atoms with E-state index >= 15 is 0 Å². The van der Waals surface area contributed by atoms with E-state index in [1.807, 2.05) is 26.5 Å². The Labute approximate surface area is 121 Å². The van der Waals surface area contributed by atoms with Crippen LogP contribution in [-0.2, 0) is 18.4 Å². The number of hydrogen-bond acceptors (Lipinski definition) is 3. The van der Waals surface area contributed by atoms with Crippen molar-refractivity contribution in [3.8, 4) is 0 Å². The minimum absolute atomic E-state index is 0.222. The van der Waals surface area contributed by atoms with Gasteiger partial charge in [0.25, 0.3) is 0 Å². The number of aryl methyl sites for hydroxylation is 1. The van der Waals surface area contributed by atoms with Crippen molar-refractivity contribution < 1.29 is 4.79 Å². The topological polar surface area (TPSA) is 41.4 Å². The van der Waals surface area contributed by atoms with Crippen LogP contribution in [0.3, 0.4) is 0 Å². The molecule has 0 N–H and O–H groups in total. The first-order valence-corrected chi connectivity index (χ1v) is 7.52. The summed E-state index contributed by atoms with van der Waals surface area (Å²) < 4.78 is 1.77. The molecule has 0 spiro atoms. The van der Waals surface area contributed by atoms with E-state index in [9.17, 15) is 4.79 Å². The van der Waals surface area contributed by atoms with Crippen molar-refractivity contribution in [2.45, 2.75) is 45.2 Å². The smallest absolute Gasteiger partial charge is 0.222 e. The normalized spacial score (nSPS) is 17.4. The van der Waals surface area contributed by atoms with E-state index in [0.29, 0.717) is 19.0 Å². The van der Waals surface area contributed by atoms with Crippen molar-refractivity contribution in [1.82, 2.24) is 19.6 Å². The van der Waals surface area contributed by atoms with Gasteiger partial charge in [0.2, 0.25) is 5.91 Å². The molecule has 1 aliphatic rings. The average Bonchev–Trinajstić information content (AvgIpc) is 3.07. The van der Waals surface area contributed by atoms with Crippen molar-refractivity contribution in [2.24, 2.45) is 7.05 Å². The van der Waals surface area contributed by atoms with Gasteiger partial charge >= 0.3 is 0 Å².